The number of aromatic nitrogens is 2. The molecule has 31 heavy (non-hydrogen) atoms. The van der Waals surface area contributed by atoms with Gasteiger partial charge in [0.25, 0.3) is 0 Å². The highest BCUT2D eigenvalue weighted by Crippen LogP contribution is 2.37. The highest BCUT2D eigenvalue weighted by molar-refractivity contribution is 7.89. The van der Waals surface area contributed by atoms with Crippen molar-refractivity contribution < 1.29 is 17.9 Å². The predicted molar refractivity (Wildman–Crippen MR) is 118 cm³/mol. The van der Waals surface area contributed by atoms with E-state index in [1.54, 1.807) is 25.4 Å². The highest BCUT2D eigenvalue weighted by atomic mass is 32.2. The first kappa shape index (κ1) is 21.8. The molecule has 9 heteroatoms. The first-order valence-corrected chi connectivity index (χ1v) is 12.0. The van der Waals surface area contributed by atoms with Crippen LogP contribution in [0.4, 0.5) is 5.82 Å². The van der Waals surface area contributed by atoms with E-state index in [1.165, 1.54) is 4.31 Å². The van der Waals surface area contributed by atoms with Crippen LogP contribution in [-0.4, -0.2) is 54.5 Å². The molecule has 0 radical (unpaired) electrons. The molecule has 168 valence electrons. The van der Waals surface area contributed by atoms with Gasteiger partial charge in [-0.1, -0.05) is 0 Å². The van der Waals surface area contributed by atoms with Gasteiger partial charge in [-0.2, -0.15) is 4.31 Å². The quantitative estimate of drug-likeness (QED) is 0.713. The van der Waals surface area contributed by atoms with Crippen molar-refractivity contribution >= 4 is 15.8 Å². The number of methoxy groups -OCH3 is 1. The fourth-order valence-electron chi connectivity index (χ4n) is 4.14. The van der Waals surface area contributed by atoms with Crippen molar-refractivity contribution in [3.63, 3.8) is 0 Å². The van der Waals surface area contributed by atoms with Crippen molar-refractivity contribution in [2.45, 2.75) is 63.6 Å². The van der Waals surface area contributed by atoms with Gasteiger partial charge in [-0.25, -0.2) is 18.4 Å². The third-order valence-corrected chi connectivity index (χ3v) is 7.96. The zero-order chi connectivity index (χ0) is 22.4. The van der Waals surface area contributed by atoms with E-state index in [4.69, 9.17) is 14.5 Å². The third-order valence-electron chi connectivity index (χ3n) is 5.80. The van der Waals surface area contributed by atoms with Crippen molar-refractivity contribution in [2.24, 2.45) is 0 Å². The maximum atomic E-state index is 13.0. The Balaban J connectivity index is 1.46. The molecule has 0 atom stereocenters. The monoisotopic (exact) mass is 446 g/mol. The topological polar surface area (TPSA) is 84.9 Å². The van der Waals surface area contributed by atoms with Gasteiger partial charge >= 0.3 is 0 Å². The van der Waals surface area contributed by atoms with E-state index in [1.807, 2.05) is 33.8 Å². The Morgan fingerprint density at radius 3 is 2.45 bits per heavy atom. The lowest BCUT2D eigenvalue weighted by Crippen LogP contribution is -2.41. The van der Waals surface area contributed by atoms with Crippen LogP contribution in [0.2, 0.25) is 0 Å². The smallest absolute Gasteiger partial charge is 0.245 e. The van der Waals surface area contributed by atoms with Gasteiger partial charge in [0.2, 0.25) is 15.9 Å². The van der Waals surface area contributed by atoms with Crippen LogP contribution in [0, 0.1) is 6.92 Å². The summed E-state index contributed by atoms with van der Waals surface area (Å²) in [6.45, 7) is 9.59. The SMILES string of the molecule is COc1ccc(OC2CCN(c3nc4c(cc3C)S(=O)(=O)N(C(C)(C)C)C4)CC2)cn1. The minimum absolute atomic E-state index is 0.109. The molecule has 0 amide bonds. The molecule has 8 nitrogen and oxygen atoms in total. The molecular formula is C22H30N4O4S. The Morgan fingerprint density at radius 2 is 1.87 bits per heavy atom. The summed E-state index contributed by atoms with van der Waals surface area (Å²) in [6.07, 6.45) is 3.50. The number of ether oxygens (including phenoxy) is 2. The van der Waals surface area contributed by atoms with Gasteiger partial charge in [0.05, 0.1) is 25.5 Å². The molecular weight excluding hydrogens is 416 g/mol. The molecule has 2 aliphatic heterocycles. The van der Waals surface area contributed by atoms with E-state index in [9.17, 15) is 8.42 Å². The highest BCUT2D eigenvalue weighted by Gasteiger charge is 2.42. The number of anilines is 1. The fraction of sp³-hybridized carbons (Fsp3) is 0.545. The summed E-state index contributed by atoms with van der Waals surface area (Å²) < 4.78 is 38.6. The summed E-state index contributed by atoms with van der Waals surface area (Å²) in [5, 5.41) is 0. The lowest BCUT2D eigenvalue weighted by Gasteiger charge is -2.33. The number of sulfonamides is 1. The fourth-order valence-corrected chi connectivity index (χ4v) is 6.13. The molecule has 0 unspecified atom stereocenters. The molecule has 1 fully saturated rings. The zero-order valence-corrected chi connectivity index (χ0v) is 19.6. The third kappa shape index (κ3) is 4.21. The van der Waals surface area contributed by atoms with Crippen molar-refractivity contribution in [3.05, 3.63) is 35.7 Å². The summed E-state index contributed by atoms with van der Waals surface area (Å²) in [7, 11) is -1.92. The lowest BCUT2D eigenvalue weighted by molar-refractivity contribution is 0.169. The summed E-state index contributed by atoms with van der Waals surface area (Å²) >= 11 is 0. The molecule has 4 rings (SSSR count). The molecule has 2 aromatic rings. The van der Waals surface area contributed by atoms with Crippen molar-refractivity contribution in [1.29, 1.82) is 0 Å². The van der Waals surface area contributed by atoms with E-state index in [0.29, 0.717) is 23.0 Å². The van der Waals surface area contributed by atoms with Crippen LogP contribution in [0.5, 0.6) is 11.6 Å². The minimum atomic E-state index is -3.51. The molecule has 0 aliphatic carbocycles. The number of aryl methyl sites for hydroxylation is 1. The summed E-state index contributed by atoms with van der Waals surface area (Å²) in [5.74, 6) is 2.17. The normalized spacial score (nSPS) is 19.3. The van der Waals surface area contributed by atoms with Gasteiger partial charge < -0.3 is 14.4 Å². The molecule has 2 aliphatic rings. The summed E-state index contributed by atoms with van der Waals surface area (Å²) in [5.41, 5.74) is 1.04. The van der Waals surface area contributed by atoms with E-state index in [0.717, 1.165) is 43.1 Å². The number of hydrogen-bond acceptors (Lipinski definition) is 7. The van der Waals surface area contributed by atoms with Crippen LogP contribution in [0.3, 0.4) is 0 Å². The molecule has 0 spiro atoms. The molecule has 0 aromatic carbocycles. The second kappa shape index (κ2) is 7.94. The Morgan fingerprint density at radius 1 is 1.16 bits per heavy atom. The Bertz CT molecular complexity index is 1060. The van der Waals surface area contributed by atoms with Gasteiger partial charge in [0.1, 0.15) is 22.6 Å². The maximum absolute atomic E-state index is 13.0. The number of fused-ring (bicyclic) bond motifs is 1. The van der Waals surface area contributed by atoms with Crippen LogP contribution in [0.1, 0.15) is 44.9 Å². The average molecular weight is 447 g/mol. The molecule has 2 aromatic heterocycles. The van der Waals surface area contributed by atoms with Crippen LogP contribution >= 0.6 is 0 Å². The van der Waals surface area contributed by atoms with Gasteiger partial charge in [-0.05, 0) is 45.4 Å². The van der Waals surface area contributed by atoms with Gasteiger partial charge in [0, 0.05) is 37.5 Å². The first-order chi connectivity index (χ1) is 14.6. The Labute approximate surface area is 184 Å². The van der Waals surface area contributed by atoms with Crippen molar-refractivity contribution in [3.8, 4) is 11.6 Å². The van der Waals surface area contributed by atoms with Gasteiger partial charge in [0.15, 0.2) is 0 Å². The Kier molecular flexibility index (Phi) is 5.59. The van der Waals surface area contributed by atoms with E-state index in [-0.39, 0.29) is 6.10 Å². The second-order valence-corrected chi connectivity index (χ2v) is 10.9. The number of hydrogen-bond donors (Lipinski definition) is 0. The van der Waals surface area contributed by atoms with Crippen molar-refractivity contribution in [1.82, 2.24) is 14.3 Å². The van der Waals surface area contributed by atoms with Crippen molar-refractivity contribution in [2.75, 3.05) is 25.1 Å². The number of rotatable bonds is 4. The molecule has 0 N–H and O–H groups in total. The average Bonchev–Trinajstić information content (AvgIpc) is 2.99. The van der Waals surface area contributed by atoms with E-state index >= 15 is 0 Å². The second-order valence-electron chi connectivity index (χ2n) is 9.10. The van der Waals surface area contributed by atoms with Gasteiger partial charge in [-0.15, -0.1) is 0 Å². The van der Waals surface area contributed by atoms with E-state index in [2.05, 4.69) is 9.88 Å². The van der Waals surface area contributed by atoms with Gasteiger partial charge in [-0.3, -0.25) is 0 Å². The predicted octanol–water partition coefficient (Wildman–Crippen LogP) is 3.14. The van der Waals surface area contributed by atoms with Crippen LogP contribution in [0.15, 0.2) is 29.3 Å². The molecule has 1 saturated heterocycles. The van der Waals surface area contributed by atoms with Crippen LogP contribution < -0.4 is 14.4 Å². The number of nitrogens with zero attached hydrogens (tertiary/aromatic N) is 4. The summed E-state index contributed by atoms with van der Waals surface area (Å²) in [6, 6.07) is 5.44. The van der Waals surface area contributed by atoms with Crippen LogP contribution in [-0.2, 0) is 16.6 Å². The van der Waals surface area contributed by atoms with Crippen LogP contribution in [0.25, 0.3) is 0 Å². The largest absolute Gasteiger partial charge is 0.489 e. The lowest BCUT2D eigenvalue weighted by atomic mass is 10.1. The standard InChI is InChI=1S/C22H30N4O4S/c1-15-12-19-18(14-26(22(2,3)4)31(19,27)28)24-21(15)25-10-8-16(9-11-25)30-17-6-7-20(29-5)23-13-17/h6-7,12-13,16H,8-11,14H2,1-5H3. The first-order valence-electron chi connectivity index (χ1n) is 10.5. The zero-order valence-electron chi connectivity index (χ0n) is 18.8. The minimum Gasteiger partial charge on any atom is -0.489 e. The maximum Gasteiger partial charge on any atom is 0.245 e. The molecule has 0 bridgehead atoms. The molecule has 0 saturated carbocycles. The molecule has 4 heterocycles. The number of pyridine rings is 2. The summed E-state index contributed by atoms with van der Waals surface area (Å²) in [4.78, 5) is 11.6. The number of piperidine rings is 1. The van der Waals surface area contributed by atoms with E-state index < -0.39 is 15.6 Å². The Hall–Kier alpha value is -2.39.